The van der Waals surface area contributed by atoms with Crippen LogP contribution in [0.2, 0.25) is 0 Å². The van der Waals surface area contributed by atoms with Gasteiger partial charge in [0.2, 0.25) is 5.91 Å². The predicted octanol–water partition coefficient (Wildman–Crippen LogP) is 5.32. The van der Waals surface area contributed by atoms with E-state index in [1.807, 2.05) is 17.3 Å². The molecule has 4 aromatic rings. The minimum atomic E-state index is 0.222. The van der Waals surface area contributed by atoms with Crippen molar-refractivity contribution in [3.8, 4) is 11.3 Å². The van der Waals surface area contributed by atoms with Gasteiger partial charge in [-0.1, -0.05) is 26.8 Å². The van der Waals surface area contributed by atoms with Gasteiger partial charge < -0.3 is 15.2 Å². The van der Waals surface area contributed by atoms with Crippen LogP contribution in [-0.4, -0.2) is 56.6 Å². The lowest BCUT2D eigenvalue weighted by atomic mass is 9.87. The quantitative estimate of drug-likeness (QED) is 0.339. The maximum absolute atomic E-state index is 12.6. The molecule has 1 aliphatic rings. The molecule has 0 bridgehead atoms. The number of nitrogens with one attached hydrogen (secondary N) is 3. The van der Waals surface area contributed by atoms with E-state index in [1.165, 1.54) is 16.5 Å². The fraction of sp³-hybridized carbons (Fsp3) is 0.464. The van der Waals surface area contributed by atoms with E-state index in [4.69, 9.17) is 0 Å². The lowest BCUT2D eigenvalue weighted by Gasteiger charge is -2.32. The van der Waals surface area contributed by atoms with Crippen LogP contribution in [0, 0.1) is 0 Å². The first-order valence-corrected chi connectivity index (χ1v) is 12.9. The number of nitrogens with zero attached hydrogens (tertiary/aromatic N) is 3. The molecular weight excluding hydrogens is 436 g/mol. The Bertz CT molecular complexity index is 1330. The van der Waals surface area contributed by atoms with Gasteiger partial charge in [0.05, 0.1) is 18.4 Å². The molecule has 7 heteroatoms. The van der Waals surface area contributed by atoms with Crippen LogP contribution in [0.3, 0.4) is 0 Å². The number of piperidine rings is 1. The van der Waals surface area contributed by atoms with Gasteiger partial charge in [0.15, 0.2) is 5.65 Å². The summed E-state index contributed by atoms with van der Waals surface area (Å²) >= 11 is 0. The molecule has 184 valence electrons. The van der Waals surface area contributed by atoms with Crippen LogP contribution in [0.4, 0.5) is 0 Å². The average molecular weight is 473 g/mol. The van der Waals surface area contributed by atoms with Crippen molar-refractivity contribution < 1.29 is 4.79 Å². The lowest BCUT2D eigenvalue weighted by molar-refractivity contribution is -0.131. The smallest absolute Gasteiger partial charge is 0.236 e. The largest absolute Gasteiger partial charge is 0.354 e. The molecule has 0 saturated carbocycles. The fourth-order valence-corrected chi connectivity index (χ4v) is 5.35. The molecule has 7 nitrogen and oxygen atoms in total. The number of amides is 1. The zero-order valence-electron chi connectivity index (χ0n) is 21.2. The number of aromatic nitrogens is 4. The molecule has 3 N–H and O–H groups in total. The van der Waals surface area contributed by atoms with Gasteiger partial charge in [0.1, 0.15) is 0 Å². The lowest BCUT2D eigenvalue weighted by Crippen LogP contribution is -2.44. The zero-order valence-corrected chi connectivity index (χ0v) is 21.2. The van der Waals surface area contributed by atoms with Crippen molar-refractivity contribution >= 4 is 27.8 Å². The van der Waals surface area contributed by atoms with E-state index >= 15 is 0 Å². The van der Waals surface area contributed by atoms with Crippen LogP contribution >= 0.6 is 0 Å². The number of fused-ring (bicyclic) bond motifs is 2. The minimum absolute atomic E-state index is 0.222. The second kappa shape index (κ2) is 9.82. The molecular formula is C28H36N6O. The standard InChI is InChI=1S/C28H36N6O/c1-5-18(4)30-16-25(35)34-12-9-19(10-13-34)20-6-7-24-22(14-20)26(17(2)3)27(32-24)21-8-11-29-28-23(21)15-31-33-28/h6-8,11,14-15,17-19,30,32H,5,9-10,12-13,16H2,1-4H3,(H,29,31,33). The first kappa shape index (κ1) is 23.5. The van der Waals surface area contributed by atoms with E-state index in [2.05, 4.69) is 77.4 Å². The van der Waals surface area contributed by atoms with E-state index in [0.717, 1.165) is 60.2 Å². The van der Waals surface area contributed by atoms with E-state index < -0.39 is 0 Å². The molecule has 0 spiro atoms. The van der Waals surface area contributed by atoms with Gasteiger partial charge in [-0.05, 0) is 67.3 Å². The highest BCUT2D eigenvalue weighted by atomic mass is 16.2. The molecule has 4 heterocycles. The van der Waals surface area contributed by atoms with Gasteiger partial charge in [-0.2, -0.15) is 5.10 Å². The molecule has 0 radical (unpaired) electrons. The van der Waals surface area contributed by atoms with Gasteiger partial charge in [0, 0.05) is 47.2 Å². The number of carbonyl (C=O) groups excluding carboxylic acids is 1. The van der Waals surface area contributed by atoms with Gasteiger partial charge in [-0.3, -0.25) is 9.89 Å². The molecule has 5 rings (SSSR count). The number of H-pyrrole nitrogens is 2. The Morgan fingerprint density at radius 2 is 1.97 bits per heavy atom. The van der Waals surface area contributed by atoms with Crippen LogP contribution in [0.1, 0.15) is 69.9 Å². The third-order valence-electron chi connectivity index (χ3n) is 7.60. The number of hydrogen-bond donors (Lipinski definition) is 3. The summed E-state index contributed by atoms with van der Waals surface area (Å²) in [5.74, 6) is 1.06. The van der Waals surface area contributed by atoms with E-state index in [-0.39, 0.29) is 5.91 Å². The summed E-state index contributed by atoms with van der Waals surface area (Å²) in [4.78, 5) is 22.7. The summed E-state index contributed by atoms with van der Waals surface area (Å²) in [7, 11) is 0. The van der Waals surface area contributed by atoms with Crippen LogP contribution in [0.25, 0.3) is 33.2 Å². The van der Waals surface area contributed by atoms with Gasteiger partial charge in [-0.15, -0.1) is 0 Å². The maximum atomic E-state index is 12.6. The molecule has 1 unspecified atom stereocenters. The van der Waals surface area contributed by atoms with Crippen molar-refractivity contribution in [1.29, 1.82) is 0 Å². The topological polar surface area (TPSA) is 89.7 Å². The Balaban J connectivity index is 1.39. The summed E-state index contributed by atoms with van der Waals surface area (Å²) < 4.78 is 0. The Morgan fingerprint density at radius 3 is 2.71 bits per heavy atom. The van der Waals surface area contributed by atoms with Crippen molar-refractivity contribution in [3.05, 3.63) is 47.8 Å². The molecule has 1 aromatic carbocycles. The molecule has 35 heavy (non-hydrogen) atoms. The Hall–Kier alpha value is -3.19. The minimum Gasteiger partial charge on any atom is -0.354 e. The number of aromatic amines is 2. The normalized spacial score (nSPS) is 16.0. The summed E-state index contributed by atoms with van der Waals surface area (Å²) in [6.45, 7) is 10.9. The Labute approximate surface area is 206 Å². The zero-order chi connectivity index (χ0) is 24.5. The maximum Gasteiger partial charge on any atom is 0.236 e. The summed E-state index contributed by atoms with van der Waals surface area (Å²) in [6, 6.07) is 9.31. The number of benzene rings is 1. The molecule has 1 saturated heterocycles. The average Bonchev–Trinajstić information content (AvgIpc) is 3.51. The summed E-state index contributed by atoms with van der Waals surface area (Å²) in [5, 5.41) is 12.8. The van der Waals surface area contributed by atoms with Crippen LogP contribution in [-0.2, 0) is 4.79 Å². The molecule has 1 aliphatic heterocycles. The van der Waals surface area contributed by atoms with E-state index in [9.17, 15) is 4.79 Å². The molecule has 1 atom stereocenters. The number of hydrogen-bond acceptors (Lipinski definition) is 4. The van der Waals surface area contributed by atoms with Gasteiger partial charge in [0.25, 0.3) is 0 Å². The molecule has 3 aromatic heterocycles. The number of rotatable bonds is 7. The SMILES string of the molecule is CCC(C)NCC(=O)N1CCC(c2ccc3[nH]c(-c4ccnc5[nH]ncc45)c(C(C)C)c3c2)CC1. The molecule has 0 aliphatic carbocycles. The van der Waals surface area contributed by atoms with Crippen molar-refractivity contribution in [2.45, 2.75) is 64.8 Å². The third kappa shape index (κ3) is 4.57. The summed E-state index contributed by atoms with van der Waals surface area (Å²) in [6.07, 6.45) is 6.74. The van der Waals surface area contributed by atoms with Crippen LogP contribution in [0.5, 0.6) is 0 Å². The second-order valence-corrected chi connectivity index (χ2v) is 10.2. The molecule has 1 fully saturated rings. The van der Waals surface area contributed by atoms with Crippen molar-refractivity contribution in [3.63, 3.8) is 0 Å². The van der Waals surface area contributed by atoms with E-state index in [0.29, 0.717) is 24.4 Å². The van der Waals surface area contributed by atoms with Gasteiger partial charge in [-0.25, -0.2) is 4.98 Å². The van der Waals surface area contributed by atoms with Crippen molar-refractivity contribution in [1.82, 2.24) is 30.4 Å². The molecule has 1 amide bonds. The van der Waals surface area contributed by atoms with Gasteiger partial charge >= 0.3 is 0 Å². The highest BCUT2D eigenvalue weighted by Gasteiger charge is 2.25. The highest BCUT2D eigenvalue weighted by Crippen LogP contribution is 2.39. The predicted molar refractivity (Wildman–Crippen MR) is 142 cm³/mol. The van der Waals surface area contributed by atoms with Crippen LogP contribution in [0.15, 0.2) is 36.7 Å². The number of carbonyl (C=O) groups is 1. The monoisotopic (exact) mass is 472 g/mol. The third-order valence-corrected chi connectivity index (χ3v) is 7.60. The summed E-state index contributed by atoms with van der Waals surface area (Å²) in [5.41, 5.74) is 6.94. The first-order valence-electron chi connectivity index (χ1n) is 12.9. The fourth-order valence-electron chi connectivity index (χ4n) is 5.35. The van der Waals surface area contributed by atoms with Crippen LogP contribution < -0.4 is 5.32 Å². The highest BCUT2D eigenvalue weighted by molar-refractivity contribution is 5.98. The van der Waals surface area contributed by atoms with Crippen molar-refractivity contribution in [2.24, 2.45) is 0 Å². The number of pyridine rings is 1. The Kier molecular flexibility index (Phi) is 6.60. The first-order chi connectivity index (χ1) is 17.0. The Morgan fingerprint density at radius 1 is 1.17 bits per heavy atom. The number of likely N-dealkylation sites (tertiary alicyclic amines) is 1. The second-order valence-electron chi connectivity index (χ2n) is 10.2. The van der Waals surface area contributed by atoms with E-state index in [1.54, 1.807) is 0 Å². The van der Waals surface area contributed by atoms with Crippen molar-refractivity contribution in [2.75, 3.05) is 19.6 Å².